The number of hydrogen-bond acceptors (Lipinski definition) is 4. The Morgan fingerprint density at radius 3 is 2.60 bits per heavy atom. The van der Waals surface area contributed by atoms with E-state index in [1.807, 2.05) is 31.2 Å². The van der Waals surface area contributed by atoms with Crippen LogP contribution in [-0.2, 0) is 0 Å². The van der Waals surface area contributed by atoms with Crippen LogP contribution in [0.3, 0.4) is 0 Å². The third-order valence-corrected chi connectivity index (χ3v) is 3.01. The molecule has 3 rings (SSSR count). The van der Waals surface area contributed by atoms with E-state index in [0.29, 0.717) is 17.5 Å². The van der Waals surface area contributed by atoms with Gasteiger partial charge in [-0.3, -0.25) is 0 Å². The fraction of sp³-hybridized carbons (Fsp3) is 0.143. The molecule has 0 saturated heterocycles. The number of benzene rings is 1. The maximum Gasteiger partial charge on any atom is 0.354 e. The van der Waals surface area contributed by atoms with E-state index in [4.69, 9.17) is 0 Å². The van der Waals surface area contributed by atoms with Crippen LogP contribution in [0.2, 0.25) is 0 Å². The van der Waals surface area contributed by atoms with Gasteiger partial charge in [0.05, 0.1) is 0 Å². The van der Waals surface area contributed by atoms with Crippen molar-refractivity contribution in [2.24, 2.45) is 0 Å². The lowest BCUT2D eigenvalue weighted by Gasteiger charge is -2.08. The molecular formula is C14H12N4O2. The highest BCUT2D eigenvalue weighted by Gasteiger charge is 2.14. The molecule has 0 radical (unpaired) electrons. The van der Waals surface area contributed by atoms with Crippen LogP contribution in [-0.4, -0.2) is 30.8 Å². The second kappa shape index (κ2) is 4.41. The van der Waals surface area contributed by atoms with Crippen molar-refractivity contribution in [1.82, 2.24) is 19.7 Å². The molecule has 6 nitrogen and oxygen atoms in total. The SMILES string of the molecule is Cc1nc(C)n(-c2nc(C(=O)O)cc3ccccc23)n1. The summed E-state index contributed by atoms with van der Waals surface area (Å²) < 4.78 is 1.57. The van der Waals surface area contributed by atoms with E-state index in [2.05, 4.69) is 15.1 Å². The van der Waals surface area contributed by atoms with E-state index in [9.17, 15) is 9.90 Å². The fourth-order valence-electron chi connectivity index (χ4n) is 2.17. The Labute approximate surface area is 114 Å². The average molecular weight is 268 g/mol. The predicted octanol–water partition coefficient (Wildman–Crippen LogP) is 2.13. The second-order valence-electron chi connectivity index (χ2n) is 4.48. The Balaban J connectivity index is 2.38. The number of fused-ring (bicyclic) bond motifs is 1. The summed E-state index contributed by atoms with van der Waals surface area (Å²) in [6.07, 6.45) is 0. The van der Waals surface area contributed by atoms with Crippen LogP contribution in [0.15, 0.2) is 30.3 Å². The molecule has 1 aromatic carbocycles. The number of aromatic nitrogens is 4. The lowest BCUT2D eigenvalue weighted by atomic mass is 10.1. The predicted molar refractivity (Wildman–Crippen MR) is 73.1 cm³/mol. The van der Waals surface area contributed by atoms with Crippen molar-refractivity contribution in [1.29, 1.82) is 0 Å². The summed E-state index contributed by atoms with van der Waals surface area (Å²) in [5.74, 6) is 0.710. The lowest BCUT2D eigenvalue weighted by Crippen LogP contribution is -2.08. The molecule has 0 spiro atoms. The van der Waals surface area contributed by atoms with Crippen molar-refractivity contribution >= 4 is 16.7 Å². The van der Waals surface area contributed by atoms with E-state index < -0.39 is 5.97 Å². The Hall–Kier alpha value is -2.76. The van der Waals surface area contributed by atoms with Gasteiger partial charge in [-0.05, 0) is 25.3 Å². The number of aryl methyl sites for hydroxylation is 2. The van der Waals surface area contributed by atoms with Gasteiger partial charge in [-0.1, -0.05) is 24.3 Å². The number of carboxylic acid groups (broad SMARTS) is 1. The number of rotatable bonds is 2. The summed E-state index contributed by atoms with van der Waals surface area (Å²) >= 11 is 0. The third-order valence-electron chi connectivity index (χ3n) is 3.01. The van der Waals surface area contributed by atoms with E-state index in [1.165, 1.54) is 0 Å². The number of hydrogen-bond donors (Lipinski definition) is 1. The molecule has 20 heavy (non-hydrogen) atoms. The smallest absolute Gasteiger partial charge is 0.354 e. The zero-order chi connectivity index (χ0) is 14.3. The summed E-state index contributed by atoms with van der Waals surface area (Å²) in [5, 5.41) is 15.1. The van der Waals surface area contributed by atoms with Crippen molar-refractivity contribution in [2.45, 2.75) is 13.8 Å². The maximum absolute atomic E-state index is 11.2. The first-order valence-corrected chi connectivity index (χ1v) is 6.10. The number of aromatic carboxylic acids is 1. The van der Waals surface area contributed by atoms with Crippen LogP contribution >= 0.6 is 0 Å². The standard InChI is InChI=1S/C14H12N4O2/c1-8-15-9(2)18(17-8)13-11-6-4-3-5-10(11)7-12(16-13)14(19)20/h3-7H,1-2H3,(H,19,20). The maximum atomic E-state index is 11.2. The highest BCUT2D eigenvalue weighted by Crippen LogP contribution is 2.22. The molecule has 0 bridgehead atoms. The van der Waals surface area contributed by atoms with Gasteiger partial charge in [0.1, 0.15) is 11.6 Å². The average Bonchev–Trinajstić information content (AvgIpc) is 2.76. The minimum absolute atomic E-state index is 0.00810. The van der Waals surface area contributed by atoms with Crippen LogP contribution in [0.25, 0.3) is 16.6 Å². The van der Waals surface area contributed by atoms with Gasteiger partial charge in [-0.15, -0.1) is 5.10 Å². The van der Waals surface area contributed by atoms with E-state index in [-0.39, 0.29) is 5.69 Å². The fourth-order valence-corrected chi connectivity index (χ4v) is 2.17. The van der Waals surface area contributed by atoms with Gasteiger partial charge >= 0.3 is 5.97 Å². The Morgan fingerprint density at radius 2 is 1.95 bits per heavy atom. The van der Waals surface area contributed by atoms with Gasteiger partial charge in [0.25, 0.3) is 0 Å². The lowest BCUT2D eigenvalue weighted by molar-refractivity contribution is 0.0690. The van der Waals surface area contributed by atoms with E-state index in [1.54, 1.807) is 17.7 Å². The van der Waals surface area contributed by atoms with Crippen molar-refractivity contribution in [3.63, 3.8) is 0 Å². The van der Waals surface area contributed by atoms with Gasteiger partial charge < -0.3 is 5.11 Å². The molecular weight excluding hydrogens is 256 g/mol. The van der Waals surface area contributed by atoms with E-state index >= 15 is 0 Å². The molecule has 0 fully saturated rings. The summed E-state index contributed by atoms with van der Waals surface area (Å²) in [4.78, 5) is 19.6. The molecule has 2 heterocycles. The van der Waals surface area contributed by atoms with Crippen molar-refractivity contribution in [3.8, 4) is 5.82 Å². The first kappa shape index (κ1) is 12.3. The van der Waals surface area contributed by atoms with E-state index in [0.717, 1.165) is 10.8 Å². The number of carboxylic acids is 1. The Morgan fingerprint density at radius 1 is 1.20 bits per heavy atom. The summed E-state index contributed by atoms with van der Waals surface area (Å²) in [5.41, 5.74) is -0.00810. The molecule has 3 aromatic rings. The van der Waals surface area contributed by atoms with Crippen molar-refractivity contribution in [3.05, 3.63) is 47.7 Å². The topological polar surface area (TPSA) is 80.9 Å². The molecule has 1 N–H and O–H groups in total. The molecule has 0 amide bonds. The summed E-state index contributed by atoms with van der Waals surface area (Å²) in [7, 11) is 0. The second-order valence-corrected chi connectivity index (χ2v) is 4.48. The van der Waals surface area contributed by atoms with Crippen LogP contribution < -0.4 is 0 Å². The van der Waals surface area contributed by atoms with Gasteiger partial charge in [0.2, 0.25) is 0 Å². The van der Waals surface area contributed by atoms with Crippen molar-refractivity contribution < 1.29 is 9.90 Å². The van der Waals surface area contributed by atoms with Crippen LogP contribution in [0.1, 0.15) is 22.1 Å². The molecule has 0 saturated carbocycles. The van der Waals surface area contributed by atoms with Crippen LogP contribution in [0.5, 0.6) is 0 Å². The molecule has 0 aliphatic carbocycles. The van der Waals surface area contributed by atoms with Crippen LogP contribution in [0, 0.1) is 13.8 Å². The minimum atomic E-state index is -1.06. The van der Waals surface area contributed by atoms with Crippen LogP contribution in [0.4, 0.5) is 0 Å². The monoisotopic (exact) mass is 268 g/mol. The zero-order valence-corrected chi connectivity index (χ0v) is 11.0. The molecule has 0 atom stereocenters. The number of carbonyl (C=O) groups is 1. The number of pyridine rings is 1. The van der Waals surface area contributed by atoms with Gasteiger partial charge in [-0.25, -0.2) is 14.8 Å². The largest absolute Gasteiger partial charge is 0.477 e. The molecule has 100 valence electrons. The molecule has 0 aliphatic heterocycles. The Kier molecular flexibility index (Phi) is 2.71. The van der Waals surface area contributed by atoms with Gasteiger partial charge in [-0.2, -0.15) is 4.68 Å². The summed E-state index contributed by atoms with van der Waals surface area (Å²) in [6.45, 7) is 3.59. The molecule has 0 unspecified atom stereocenters. The summed E-state index contributed by atoms with van der Waals surface area (Å²) in [6, 6.07) is 9.04. The normalized spacial score (nSPS) is 10.9. The quantitative estimate of drug-likeness (QED) is 0.770. The van der Waals surface area contributed by atoms with Crippen molar-refractivity contribution in [2.75, 3.05) is 0 Å². The Bertz CT molecular complexity index is 823. The first-order valence-electron chi connectivity index (χ1n) is 6.10. The molecule has 6 heteroatoms. The molecule has 0 aliphatic rings. The first-order chi connectivity index (χ1) is 9.56. The van der Waals surface area contributed by atoms with Gasteiger partial charge in [0, 0.05) is 5.39 Å². The third kappa shape index (κ3) is 1.91. The highest BCUT2D eigenvalue weighted by atomic mass is 16.4. The molecule has 2 aromatic heterocycles. The van der Waals surface area contributed by atoms with Gasteiger partial charge in [0.15, 0.2) is 11.5 Å². The number of nitrogens with zero attached hydrogens (tertiary/aromatic N) is 4. The highest BCUT2D eigenvalue weighted by molar-refractivity contribution is 5.95. The minimum Gasteiger partial charge on any atom is -0.477 e. The zero-order valence-electron chi connectivity index (χ0n) is 11.0.